The van der Waals surface area contributed by atoms with Crippen LogP contribution in [-0.2, 0) is 24.9 Å². The molecule has 5 nitrogen and oxygen atoms in total. The second-order valence-electron chi connectivity index (χ2n) is 11.3. The summed E-state index contributed by atoms with van der Waals surface area (Å²) < 4.78 is 6.31. The van der Waals surface area contributed by atoms with Gasteiger partial charge in [-0.05, 0) is 76.3 Å². The summed E-state index contributed by atoms with van der Waals surface area (Å²) in [4.78, 5) is 19.8. The van der Waals surface area contributed by atoms with Crippen molar-refractivity contribution >= 4 is 38.4 Å². The van der Waals surface area contributed by atoms with Gasteiger partial charge < -0.3 is 14.5 Å². The zero-order valence-electron chi connectivity index (χ0n) is 26.0. The number of hydrogen-bond acceptors (Lipinski definition) is 5. The zero-order chi connectivity index (χ0) is 31.5. The Hall–Kier alpha value is -4.90. The predicted octanol–water partition coefficient (Wildman–Crippen LogP) is 10.5. The van der Waals surface area contributed by atoms with Crippen molar-refractivity contribution in [2.24, 2.45) is 0 Å². The van der Waals surface area contributed by atoms with Crippen LogP contribution in [-0.4, -0.2) is 20.9 Å². The number of carbonyl (C=O) groups excluding carboxylic acids is 1. The van der Waals surface area contributed by atoms with Crippen LogP contribution in [0.5, 0.6) is 0 Å². The Morgan fingerprint density at radius 1 is 0.804 bits per heavy atom. The number of aliphatic hydroxyl groups is 1. The van der Waals surface area contributed by atoms with Crippen LogP contribution in [0, 0.1) is 6.07 Å². The van der Waals surface area contributed by atoms with Gasteiger partial charge in [0.05, 0.1) is 11.3 Å². The van der Waals surface area contributed by atoms with E-state index in [0.717, 1.165) is 38.9 Å². The maximum Gasteiger partial charge on any atom is 0.215 e. The van der Waals surface area contributed by atoms with E-state index < -0.39 is 0 Å². The number of rotatable bonds is 5. The second kappa shape index (κ2) is 14.0. The third-order valence-corrected chi connectivity index (χ3v) is 7.65. The molecular formula is C40H33IrN2O3-. The number of fused-ring (bicyclic) bond motifs is 4. The Bertz CT molecular complexity index is 2180. The first kappa shape index (κ1) is 32.5. The number of carbonyl (C=O) groups is 1. The maximum atomic E-state index is 10.0. The quantitative estimate of drug-likeness (QED) is 0.0815. The number of aliphatic hydroxyl groups excluding tert-OH is 1. The summed E-state index contributed by atoms with van der Waals surface area (Å²) in [5.74, 6) is 0.976. The fraction of sp³-hybridized carbons (Fsp3) is 0.125. The van der Waals surface area contributed by atoms with E-state index in [1.807, 2.05) is 54.7 Å². The SMILES string of the molecule is CC(=O)/C=C(/C)O.CC(C)c1cccc2c1ccc1c(-c3[c-]c4oc(-c5ccccc5)nc4c(-c4ccccc4)c3)nccc12.[Ir]. The number of pyridine rings is 1. The Balaban J connectivity index is 0.000000471. The molecule has 6 heteroatoms. The molecule has 0 aliphatic carbocycles. The Kier molecular flexibility index (Phi) is 9.91. The molecule has 7 aromatic rings. The van der Waals surface area contributed by atoms with Crippen molar-refractivity contribution in [3.8, 4) is 33.8 Å². The molecule has 0 aliphatic rings. The van der Waals surface area contributed by atoms with Crippen LogP contribution >= 0.6 is 0 Å². The normalized spacial score (nSPS) is 11.4. The van der Waals surface area contributed by atoms with Crippen LogP contribution in [0.15, 0.2) is 126 Å². The molecule has 0 fully saturated rings. The molecule has 0 atom stereocenters. The molecule has 0 spiro atoms. The molecule has 1 radical (unpaired) electrons. The molecule has 0 unspecified atom stereocenters. The van der Waals surface area contributed by atoms with Crippen LogP contribution in [0.25, 0.3) is 66.5 Å². The van der Waals surface area contributed by atoms with Gasteiger partial charge in [0, 0.05) is 43.5 Å². The summed E-state index contributed by atoms with van der Waals surface area (Å²) >= 11 is 0. The average molecular weight is 782 g/mol. The van der Waals surface area contributed by atoms with Crippen LogP contribution in [0.3, 0.4) is 0 Å². The van der Waals surface area contributed by atoms with Crippen LogP contribution in [0.2, 0.25) is 0 Å². The first-order valence-electron chi connectivity index (χ1n) is 15.0. The number of oxazole rings is 1. The molecule has 0 saturated carbocycles. The fourth-order valence-corrected chi connectivity index (χ4v) is 5.69. The average Bonchev–Trinajstić information content (AvgIpc) is 3.48. The third-order valence-electron chi connectivity index (χ3n) is 7.65. The van der Waals surface area contributed by atoms with E-state index in [2.05, 4.69) is 74.5 Å². The van der Waals surface area contributed by atoms with E-state index in [-0.39, 0.29) is 31.6 Å². The van der Waals surface area contributed by atoms with Gasteiger partial charge in [0.15, 0.2) is 5.78 Å². The molecule has 7 rings (SSSR count). The van der Waals surface area contributed by atoms with Gasteiger partial charge in [-0.1, -0.05) is 104 Å². The van der Waals surface area contributed by atoms with Gasteiger partial charge in [-0.15, -0.1) is 11.6 Å². The molecule has 0 saturated heterocycles. The monoisotopic (exact) mass is 782 g/mol. The number of nitrogens with zero attached hydrogens (tertiary/aromatic N) is 2. The minimum Gasteiger partial charge on any atom is -0.512 e. The van der Waals surface area contributed by atoms with Crippen LogP contribution in [0.1, 0.15) is 39.2 Å². The predicted molar refractivity (Wildman–Crippen MR) is 183 cm³/mol. The molecule has 231 valence electrons. The maximum absolute atomic E-state index is 10.0. The van der Waals surface area contributed by atoms with E-state index in [9.17, 15) is 4.79 Å². The van der Waals surface area contributed by atoms with Gasteiger partial charge in [-0.3, -0.25) is 9.78 Å². The van der Waals surface area contributed by atoms with Gasteiger partial charge in [0.25, 0.3) is 0 Å². The van der Waals surface area contributed by atoms with Crippen molar-refractivity contribution in [3.05, 3.63) is 133 Å². The summed E-state index contributed by atoms with van der Waals surface area (Å²) in [6.45, 7) is 7.34. The molecular weight excluding hydrogens is 749 g/mol. The van der Waals surface area contributed by atoms with Crippen molar-refractivity contribution < 1.29 is 34.4 Å². The summed E-state index contributed by atoms with van der Waals surface area (Å²) in [5, 5.41) is 13.2. The third kappa shape index (κ3) is 6.69. The summed E-state index contributed by atoms with van der Waals surface area (Å²) in [6.07, 6.45) is 3.06. The Morgan fingerprint density at radius 3 is 2.09 bits per heavy atom. The van der Waals surface area contributed by atoms with Crippen molar-refractivity contribution in [2.75, 3.05) is 0 Å². The second-order valence-corrected chi connectivity index (χ2v) is 11.3. The van der Waals surface area contributed by atoms with Gasteiger partial charge in [0.1, 0.15) is 0 Å². The van der Waals surface area contributed by atoms with Crippen molar-refractivity contribution in [1.82, 2.24) is 9.97 Å². The smallest absolute Gasteiger partial charge is 0.215 e. The minimum absolute atomic E-state index is 0. The summed E-state index contributed by atoms with van der Waals surface area (Å²) in [6, 6.07) is 39.1. The first-order valence-corrected chi connectivity index (χ1v) is 15.0. The standard InChI is InChI=1S/C35H25N2O.C5H8O2.Ir/c1-22(2)26-14-9-15-27-28(26)16-17-30-29(27)18-19-36-33(30)25-20-31(23-10-5-3-6-11-23)34-32(21-25)38-35(37-34)24-12-7-4-8-13-24;1-4(6)3-5(2)7;/h3-20,22H,1-2H3;3,6H,1-2H3;/q-1;;/b;4-3-;. The van der Waals surface area contributed by atoms with Gasteiger partial charge in [0.2, 0.25) is 5.89 Å². The fourth-order valence-electron chi connectivity index (χ4n) is 5.69. The number of ketones is 1. The molecule has 0 bridgehead atoms. The van der Waals surface area contributed by atoms with E-state index in [1.54, 1.807) is 0 Å². The zero-order valence-corrected chi connectivity index (χ0v) is 28.4. The van der Waals surface area contributed by atoms with Crippen LogP contribution in [0.4, 0.5) is 0 Å². The molecule has 5 aromatic carbocycles. The van der Waals surface area contributed by atoms with E-state index in [1.165, 1.54) is 41.6 Å². The number of aromatic nitrogens is 2. The van der Waals surface area contributed by atoms with Crippen molar-refractivity contribution in [1.29, 1.82) is 0 Å². The Labute approximate surface area is 282 Å². The topological polar surface area (TPSA) is 76.2 Å². The van der Waals surface area contributed by atoms with E-state index >= 15 is 0 Å². The van der Waals surface area contributed by atoms with Gasteiger partial charge >= 0.3 is 0 Å². The summed E-state index contributed by atoms with van der Waals surface area (Å²) in [7, 11) is 0. The number of hydrogen-bond donors (Lipinski definition) is 1. The molecule has 1 N–H and O–H groups in total. The van der Waals surface area contributed by atoms with E-state index in [4.69, 9.17) is 19.5 Å². The Morgan fingerprint density at radius 2 is 1.46 bits per heavy atom. The minimum atomic E-state index is -0.125. The number of allylic oxidation sites excluding steroid dienone is 2. The summed E-state index contributed by atoms with van der Waals surface area (Å²) in [5.41, 5.74) is 7.57. The van der Waals surface area contributed by atoms with Crippen LogP contribution < -0.4 is 0 Å². The van der Waals surface area contributed by atoms with E-state index in [0.29, 0.717) is 17.4 Å². The molecule has 2 heterocycles. The molecule has 0 aliphatic heterocycles. The molecule has 2 aromatic heterocycles. The first-order chi connectivity index (χ1) is 21.8. The van der Waals surface area contributed by atoms with Crippen molar-refractivity contribution in [3.63, 3.8) is 0 Å². The van der Waals surface area contributed by atoms with Gasteiger partial charge in [-0.25, -0.2) is 0 Å². The largest absolute Gasteiger partial charge is 0.512 e. The molecule has 0 amide bonds. The van der Waals surface area contributed by atoms with Gasteiger partial charge in [-0.2, -0.15) is 0 Å². The number of benzene rings is 5. The molecule has 46 heavy (non-hydrogen) atoms. The van der Waals surface area contributed by atoms with Crippen molar-refractivity contribution in [2.45, 2.75) is 33.6 Å².